The van der Waals surface area contributed by atoms with Crippen LogP contribution in [0.15, 0.2) is 12.1 Å². The summed E-state index contributed by atoms with van der Waals surface area (Å²) in [5.41, 5.74) is 2.43. The molecule has 0 aromatic carbocycles. The zero-order valence-corrected chi connectivity index (χ0v) is 12.9. The average molecular weight is 265 g/mol. The molecule has 0 spiro atoms. The third-order valence-electron chi connectivity index (χ3n) is 3.30. The molecule has 0 aliphatic rings. The number of anilines is 1. The summed E-state index contributed by atoms with van der Waals surface area (Å²) in [4.78, 5) is 6.88. The lowest BCUT2D eigenvalue weighted by atomic mass is 10.1. The Morgan fingerprint density at radius 2 is 2.11 bits per heavy atom. The molecule has 1 unspecified atom stereocenters. The lowest BCUT2D eigenvalue weighted by Gasteiger charge is -2.26. The smallest absolute Gasteiger partial charge is 0.129 e. The maximum Gasteiger partial charge on any atom is 0.129 e. The van der Waals surface area contributed by atoms with Gasteiger partial charge in [0.25, 0.3) is 0 Å². The maximum atomic E-state index is 5.22. The molecule has 1 heterocycles. The Morgan fingerprint density at radius 1 is 1.37 bits per heavy atom. The van der Waals surface area contributed by atoms with Gasteiger partial charge in [0.1, 0.15) is 5.82 Å². The van der Waals surface area contributed by atoms with E-state index in [0.29, 0.717) is 12.6 Å². The molecule has 1 rings (SSSR count). The maximum absolute atomic E-state index is 5.22. The molecule has 1 N–H and O–H groups in total. The van der Waals surface area contributed by atoms with Gasteiger partial charge in [0.2, 0.25) is 0 Å². The van der Waals surface area contributed by atoms with Gasteiger partial charge in [-0.2, -0.15) is 0 Å². The average Bonchev–Trinajstić information content (AvgIpc) is 2.44. The Labute approximate surface area is 117 Å². The third-order valence-corrected chi connectivity index (χ3v) is 3.30. The first-order valence-electron chi connectivity index (χ1n) is 7.04. The number of likely N-dealkylation sites (N-methyl/N-ethyl adjacent to an activating group) is 1. The van der Waals surface area contributed by atoms with Crippen LogP contribution in [0.25, 0.3) is 0 Å². The fraction of sp³-hybridized carbons (Fsp3) is 0.667. The Kier molecular flexibility index (Phi) is 6.81. The highest BCUT2D eigenvalue weighted by atomic mass is 16.5. The normalized spacial score (nSPS) is 12.5. The van der Waals surface area contributed by atoms with Crippen molar-refractivity contribution in [1.82, 2.24) is 10.3 Å². The molecule has 108 valence electrons. The summed E-state index contributed by atoms with van der Waals surface area (Å²) < 4.78 is 5.22. The lowest BCUT2D eigenvalue weighted by Crippen LogP contribution is -2.33. The molecular weight excluding hydrogens is 238 g/mol. The number of nitrogens with one attached hydrogen (secondary N) is 1. The Hall–Kier alpha value is -1.13. The van der Waals surface area contributed by atoms with E-state index in [1.54, 1.807) is 7.11 Å². The topological polar surface area (TPSA) is 37.4 Å². The number of nitrogens with zero attached hydrogens (tertiary/aromatic N) is 2. The van der Waals surface area contributed by atoms with Crippen molar-refractivity contribution in [2.45, 2.75) is 39.8 Å². The molecule has 0 saturated carbocycles. The minimum atomic E-state index is 0.316. The number of ether oxygens (including phenoxy) is 1. The summed E-state index contributed by atoms with van der Waals surface area (Å²) in [5.74, 6) is 1.02. The molecule has 0 aliphatic carbocycles. The van der Waals surface area contributed by atoms with E-state index in [0.717, 1.165) is 31.0 Å². The minimum Gasteiger partial charge on any atom is -0.383 e. The summed E-state index contributed by atoms with van der Waals surface area (Å²) in [7, 11) is 3.80. The summed E-state index contributed by atoms with van der Waals surface area (Å²) in [5, 5.41) is 3.37. The second-order valence-electron chi connectivity index (χ2n) is 4.87. The van der Waals surface area contributed by atoms with E-state index in [2.05, 4.69) is 50.2 Å². The van der Waals surface area contributed by atoms with Gasteiger partial charge in [0.05, 0.1) is 12.6 Å². The van der Waals surface area contributed by atoms with Crippen LogP contribution in [0.2, 0.25) is 0 Å². The predicted molar refractivity (Wildman–Crippen MR) is 80.7 cm³/mol. The summed E-state index contributed by atoms with van der Waals surface area (Å²) >= 11 is 0. The Balaban J connectivity index is 2.91. The van der Waals surface area contributed by atoms with Crippen molar-refractivity contribution in [2.24, 2.45) is 0 Å². The SMILES string of the molecule is CCNCc1cc(CC)nc(N(C)C(C)COC)c1. The largest absolute Gasteiger partial charge is 0.383 e. The molecule has 1 aromatic rings. The van der Waals surface area contributed by atoms with Gasteiger partial charge >= 0.3 is 0 Å². The molecule has 4 nitrogen and oxygen atoms in total. The predicted octanol–water partition coefficient (Wildman–Crippen LogP) is 2.22. The summed E-state index contributed by atoms with van der Waals surface area (Å²) in [6.07, 6.45) is 0.958. The molecule has 1 atom stereocenters. The number of aromatic nitrogens is 1. The van der Waals surface area contributed by atoms with Crippen LogP contribution in [0, 0.1) is 0 Å². The highest BCUT2D eigenvalue weighted by Crippen LogP contribution is 2.17. The number of hydrogen-bond donors (Lipinski definition) is 1. The Morgan fingerprint density at radius 3 is 2.68 bits per heavy atom. The number of aryl methyl sites for hydroxylation is 1. The molecule has 0 aliphatic heterocycles. The van der Waals surface area contributed by atoms with E-state index in [9.17, 15) is 0 Å². The van der Waals surface area contributed by atoms with Gasteiger partial charge in [-0.15, -0.1) is 0 Å². The van der Waals surface area contributed by atoms with E-state index in [1.165, 1.54) is 5.56 Å². The third kappa shape index (κ3) is 4.80. The quantitative estimate of drug-likeness (QED) is 0.782. The second kappa shape index (κ2) is 8.12. The van der Waals surface area contributed by atoms with Crippen LogP contribution in [0.4, 0.5) is 5.82 Å². The van der Waals surface area contributed by atoms with Crippen LogP contribution in [0.5, 0.6) is 0 Å². The monoisotopic (exact) mass is 265 g/mol. The zero-order valence-electron chi connectivity index (χ0n) is 12.9. The minimum absolute atomic E-state index is 0.316. The van der Waals surface area contributed by atoms with Crippen LogP contribution in [0.1, 0.15) is 32.0 Å². The van der Waals surface area contributed by atoms with Crippen LogP contribution < -0.4 is 10.2 Å². The van der Waals surface area contributed by atoms with E-state index in [1.807, 2.05) is 0 Å². The van der Waals surface area contributed by atoms with E-state index < -0.39 is 0 Å². The van der Waals surface area contributed by atoms with Gasteiger partial charge < -0.3 is 15.0 Å². The van der Waals surface area contributed by atoms with Crippen molar-refractivity contribution >= 4 is 5.82 Å². The first kappa shape index (κ1) is 15.9. The van der Waals surface area contributed by atoms with Gasteiger partial charge in [-0.3, -0.25) is 0 Å². The van der Waals surface area contributed by atoms with E-state index in [4.69, 9.17) is 9.72 Å². The summed E-state index contributed by atoms with van der Waals surface area (Å²) in [6, 6.07) is 4.66. The molecule has 0 radical (unpaired) electrons. The summed E-state index contributed by atoms with van der Waals surface area (Å²) in [6.45, 7) is 8.99. The van der Waals surface area contributed by atoms with Gasteiger partial charge in [-0.05, 0) is 37.6 Å². The standard InChI is InChI=1S/C15H27N3O/c1-6-14-8-13(10-16-7-2)9-15(17-14)18(4)12(3)11-19-5/h8-9,12,16H,6-7,10-11H2,1-5H3. The molecular formula is C15H27N3O. The van der Waals surface area contributed by atoms with Crippen LogP contribution >= 0.6 is 0 Å². The lowest BCUT2D eigenvalue weighted by molar-refractivity contribution is 0.183. The van der Waals surface area contributed by atoms with Crippen molar-refractivity contribution in [3.63, 3.8) is 0 Å². The highest BCUT2D eigenvalue weighted by molar-refractivity contribution is 5.43. The molecule has 0 bridgehead atoms. The van der Waals surface area contributed by atoms with E-state index in [-0.39, 0.29) is 0 Å². The first-order valence-corrected chi connectivity index (χ1v) is 7.04. The molecule has 0 saturated heterocycles. The van der Waals surface area contributed by atoms with Crippen molar-refractivity contribution < 1.29 is 4.74 Å². The zero-order chi connectivity index (χ0) is 14.3. The molecule has 19 heavy (non-hydrogen) atoms. The number of methoxy groups -OCH3 is 1. The second-order valence-corrected chi connectivity index (χ2v) is 4.87. The fourth-order valence-electron chi connectivity index (χ4n) is 1.95. The van der Waals surface area contributed by atoms with Gasteiger partial charge in [-0.1, -0.05) is 13.8 Å². The molecule has 4 heteroatoms. The number of hydrogen-bond acceptors (Lipinski definition) is 4. The van der Waals surface area contributed by atoms with Gasteiger partial charge in [0, 0.05) is 26.4 Å². The van der Waals surface area contributed by atoms with Crippen LogP contribution in [-0.2, 0) is 17.7 Å². The van der Waals surface area contributed by atoms with E-state index >= 15 is 0 Å². The number of pyridine rings is 1. The molecule has 0 amide bonds. The highest BCUT2D eigenvalue weighted by Gasteiger charge is 2.12. The molecule has 1 aromatic heterocycles. The van der Waals surface area contributed by atoms with Crippen molar-refractivity contribution in [2.75, 3.05) is 32.2 Å². The van der Waals surface area contributed by atoms with Crippen molar-refractivity contribution in [3.05, 3.63) is 23.4 Å². The molecule has 0 fully saturated rings. The van der Waals surface area contributed by atoms with Gasteiger partial charge in [-0.25, -0.2) is 4.98 Å². The first-order chi connectivity index (χ1) is 9.12. The fourth-order valence-corrected chi connectivity index (χ4v) is 1.95. The van der Waals surface area contributed by atoms with Crippen molar-refractivity contribution in [1.29, 1.82) is 0 Å². The number of rotatable bonds is 8. The van der Waals surface area contributed by atoms with Gasteiger partial charge in [0.15, 0.2) is 0 Å². The Bertz CT molecular complexity index is 382. The van der Waals surface area contributed by atoms with Crippen molar-refractivity contribution in [3.8, 4) is 0 Å². The van der Waals surface area contributed by atoms with Crippen LogP contribution in [-0.4, -0.2) is 38.3 Å². The van der Waals surface area contributed by atoms with Crippen LogP contribution in [0.3, 0.4) is 0 Å².